The van der Waals surface area contributed by atoms with Crippen molar-refractivity contribution in [2.45, 2.75) is 0 Å². The van der Waals surface area contributed by atoms with E-state index >= 15 is 0 Å². The molecule has 1 aromatic carbocycles. The predicted molar refractivity (Wildman–Crippen MR) is 44.7 cm³/mol. The highest BCUT2D eigenvalue weighted by Crippen LogP contribution is 1.94. The van der Waals surface area contributed by atoms with Gasteiger partial charge in [-0.2, -0.15) is 0 Å². The smallest absolute Gasteiger partial charge is 0.304 e. The fraction of sp³-hybridized carbons (Fsp3) is 0. The van der Waals surface area contributed by atoms with Gasteiger partial charge in [-0.05, 0) is 6.07 Å². The summed E-state index contributed by atoms with van der Waals surface area (Å²) in [4.78, 5) is 0. The van der Waals surface area contributed by atoms with Crippen LogP contribution in [0.3, 0.4) is 0 Å². The van der Waals surface area contributed by atoms with Crippen molar-refractivity contribution in [2.24, 2.45) is 0 Å². The van der Waals surface area contributed by atoms with Crippen molar-refractivity contribution < 1.29 is 9.41 Å². The molecule has 4 heteroatoms. The van der Waals surface area contributed by atoms with E-state index in [2.05, 4.69) is 9.24 Å². The van der Waals surface area contributed by atoms with Gasteiger partial charge < -0.3 is 5.02 Å². The van der Waals surface area contributed by atoms with Gasteiger partial charge in [-0.25, -0.2) is 4.39 Å². The first-order valence-electron chi connectivity index (χ1n) is 2.89. The molecule has 0 heterocycles. The fourth-order valence-corrected chi connectivity index (χ4v) is 0.849. The lowest BCUT2D eigenvalue weighted by Crippen LogP contribution is -2.16. The molecule has 0 aliphatic rings. The molecule has 0 aliphatic carbocycles. The predicted octanol–water partition coefficient (Wildman–Crippen LogP) is -0.705. The Kier molecular flexibility index (Phi) is 2.41. The zero-order chi connectivity index (χ0) is 7.56. The summed E-state index contributed by atoms with van der Waals surface area (Å²) in [5, 5.41) is 9.10. The summed E-state index contributed by atoms with van der Waals surface area (Å²) in [5.74, 6) is -0.295. The highest BCUT2D eigenvalue weighted by atomic mass is 31.0. The Morgan fingerprint density at radius 1 is 1.50 bits per heavy atom. The molecular formula is C6H7BFOP. The quantitative estimate of drug-likeness (QED) is 0.420. The van der Waals surface area contributed by atoms with Gasteiger partial charge in [0.15, 0.2) is 0 Å². The molecule has 0 fully saturated rings. The standard InChI is InChI=1S/C6H7BFOP/c8-5-3-4(7-9)1-2-6(5)10/h1-3,7,9H,10H2. The molecule has 0 amide bonds. The Morgan fingerprint density at radius 2 is 2.20 bits per heavy atom. The van der Waals surface area contributed by atoms with Gasteiger partial charge in [0.1, 0.15) is 5.82 Å². The molecule has 0 bridgehead atoms. The lowest BCUT2D eigenvalue weighted by Gasteiger charge is -1.96. The average molecular weight is 156 g/mol. The summed E-state index contributed by atoms with van der Waals surface area (Å²) in [6, 6.07) is 4.62. The van der Waals surface area contributed by atoms with E-state index in [9.17, 15) is 4.39 Å². The maximum atomic E-state index is 12.6. The number of hydrogen-bond donors (Lipinski definition) is 1. The zero-order valence-corrected chi connectivity index (χ0v) is 6.50. The Hall–Kier alpha value is -0.395. The van der Waals surface area contributed by atoms with Gasteiger partial charge in [-0.1, -0.05) is 17.6 Å². The number of halogens is 1. The van der Waals surface area contributed by atoms with Gasteiger partial charge in [0.25, 0.3) is 0 Å². The van der Waals surface area contributed by atoms with Crippen LogP contribution in [0.25, 0.3) is 0 Å². The molecule has 1 rings (SSSR count). The average Bonchev–Trinajstić information content (AvgIpc) is 1.95. The van der Waals surface area contributed by atoms with Crippen molar-refractivity contribution in [3.63, 3.8) is 0 Å². The van der Waals surface area contributed by atoms with Crippen molar-refractivity contribution in [1.29, 1.82) is 0 Å². The van der Waals surface area contributed by atoms with Crippen LogP contribution in [0.15, 0.2) is 18.2 Å². The second-order valence-corrected chi connectivity index (χ2v) is 2.64. The first kappa shape index (κ1) is 7.71. The van der Waals surface area contributed by atoms with Crippen LogP contribution in [0.1, 0.15) is 0 Å². The van der Waals surface area contributed by atoms with Crippen LogP contribution in [0.5, 0.6) is 0 Å². The third-order valence-corrected chi connectivity index (χ3v) is 1.72. The Bertz CT molecular complexity index is 241. The molecule has 1 aromatic rings. The molecular weight excluding hydrogens is 149 g/mol. The molecule has 1 unspecified atom stereocenters. The van der Waals surface area contributed by atoms with Crippen LogP contribution in [0.4, 0.5) is 4.39 Å². The maximum absolute atomic E-state index is 12.6. The Morgan fingerprint density at radius 3 is 2.70 bits per heavy atom. The SMILES string of the molecule is OBc1ccc(P)c(F)c1. The second kappa shape index (κ2) is 3.13. The van der Waals surface area contributed by atoms with E-state index in [-0.39, 0.29) is 13.3 Å². The summed E-state index contributed by atoms with van der Waals surface area (Å²) in [6.45, 7) is 0. The topological polar surface area (TPSA) is 20.2 Å². The zero-order valence-electron chi connectivity index (χ0n) is 5.34. The van der Waals surface area contributed by atoms with E-state index in [4.69, 9.17) is 5.02 Å². The van der Waals surface area contributed by atoms with Crippen LogP contribution in [0.2, 0.25) is 0 Å². The molecule has 52 valence electrons. The molecule has 0 saturated carbocycles. The molecule has 0 aromatic heterocycles. The van der Waals surface area contributed by atoms with Gasteiger partial charge in [0.05, 0.1) is 0 Å². The van der Waals surface area contributed by atoms with E-state index in [1.807, 2.05) is 0 Å². The van der Waals surface area contributed by atoms with Gasteiger partial charge in [-0.3, -0.25) is 0 Å². The summed E-state index contributed by atoms with van der Waals surface area (Å²) in [6.07, 6.45) is 0. The van der Waals surface area contributed by atoms with Crippen molar-refractivity contribution in [2.75, 3.05) is 0 Å². The van der Waals surface area contributed by atoms with Crippen LogP contribution >= 0.6 is 9.24 Å². The largest absolute Gasteiger partial charge is 0.449 e. The van der Waals surface area contributed by atoms with Crippen LogP contribution < -0.4 is 10.8 Å². The number of rotatable bonds is 1. The lowest BCUT2D eigenvalue weighted by atomic mass is 9.89. The minimum absolute atomic E-state index is 0.109. The van der Waals surface area contributed by atoms with E-state index < -0.39 is 0 Å². The lowest BCUT2D eigenvalue weighted by molar-refractivity contribution is 0.613. The van der Waals surface area contributed by atoms with E-state index in [1.54, 1.807) is 12.1 Å². The first-order chi connectivity index (χ1) is 4.74. The van der Waals surface area contributed by atoms with Crippen LogP contribution in [-0.2, 0) is 0 Å². The first-order valence-corrected chi connectivity index (χ1v) is 3.46. The van der Waals surface area contributed by atoms with E-state index in [1.165, 1.54) is 6.07 Å². The number of hydrogen-bond acceptors (Lipinski definition) is 1. The third-order valence-electron chi connectivity index (χ3n) is 1.25. The van der Waals surface area contributed by atoms with Crippen LogP contribution in [0, 0.1) is 5.82 Å². The molecule has 10 heavy (non-hydrogen) atoms. The van der Waals surface area contributed by atoms with Gasteiger partial charge in [0.2, 0.25) is 0 Å². The summed E-state index contributed by atoms with van der Waals surface area (Å²) < 4.78 is 12.6. The summed E-state index contributed by atoms with van der Waals surface area (Å²) >= 11 is 0. The molecule has 1 N–H and O–H groups in total. The van der Waals surface area contributed by atoms with E-state index in [0.29, 0.717) is 10.8 Å². The summed E-state index contributed by atoms with van der Waals surface area (Å²) in [7, 11) is 2.16. The van der Waals surface area contributed by atoms with Crippen molar-refractivity contribution in [1.82, 2.24) is 0 Å². The monoisotopic (exact) mass is 156 g/mol. The third kappa shape index (κ3) is 1.56. The number of benzene rings is 1. The highest BCUT2D eigenvalue weighted by molar-refractivity contribution is 7.27. The minimum Gasteiger partial charge on any atom is -0.449 e. The molecule has 1 nitrogen and oxygen atoms in total. The normalized spacial score (nSPS) is 9.50. The van der Waals surface area contributed by atoms with Gasteiger partial charge in [0, 0.05) is 5.30 Å². The maximum Gasteiger partial charge on any atom is 0.304 e. The molecule has 0 spiro atoms. The van der Waals surface area contributed by atoms with Crippen molar-refractivity contribution in [3.05, 3.63) is 24.0 Å². The highest BCUT2D eigenvalue weighted by Gasteiger charge is 1.97. The van der Waals surface area contributed by atoms with E-state index in [0.717, 1.165) is 0 Å². The van der Waals surface area contributed by atoms with Crippen molar-refractivity contribution >= 4 is 27.5 Å². The second-order valence-electron chi connectivity index (χ2n) is 2.01. The molecule has 0 radical (unpaired) electrons. The molecule has 0 aliphatic heterocycles. The van der Waals surface area contributed by atoms with Gasteiger partial charge in [-0.15, -0.1) is 9.24 Å². The Balaban J connectivity index is 3.04. The van der Waals surface area contributed by atoms with Gasteiger partial charge >= 0.3 is 7.48 Å². The minimum atomic E-state index is -0.295. The Labute approximate surface area is 61.7 Å². The fourth-order valence-electron chi connectivity index (χ4n) is 0.669. The summed E-state index contributed by atoms with van der Waals surface area (Å²) in [5.41, 5.74) is 0.601. The van der Waals surface area contributed by atoms with Crippen LogP contribution in [-0.4, -0.2) is 12.5 Å². The molecule has 0 saturated heterocycles. The molecule has 1 atom stereocenters. The van der Waals surface area contributed by atoms with Crippen molar-refractivity contribution in [3.8, 4) is 0 Å².